The monoisotopic (exact) mass is 241 g/mol. The second-order valence-electron chi connectivity index (χ2n) is 5.46. The average Bonchev–Trinajstić information content (AvgIpc) is 2.97. The zero-order valence-corrected chi connectivity index (χ0v) is 11.0. The summed E-state index contributed by atoms with van der Waals surface area (Å²) in [7, 11) is 0. The summed E-state index contributed by atoms with van der Waals surface area (Å²) < 4.78 is 0. The topological polar surface area (TPSA) is 91.5 Å². The van der Waals surface area contributed by atoms with Gasteiger partial charge in [-0.15, -0.1) is 0 Å². The van der Waals surface area contributed by atoms with Crippen molar-refractivity contribution in [3.05, 3.63) is 0 Å². The van der Waals surface area contributed by atoms with E-state index in [9.17, 15) is 4.79 Å². The summed E-state index contributed by atoms with van der Waals surface area (Å²) in [5.41, 5.74) is 2.24. The molecule has 0 aromatic carbocycles. The summed E-state index contributed by atoms with van der Waals surface area (Å²) >= 11 is 0. The Balaban J connectivity index is 2.46. The molecule has 1 fully saturated rings. The lowest BCUT2D eigenvalue weighted by Crippen LogP contribution is -2.54. The van der Waals surface area contributed by atoms with Crippen molar-refractivity contribution >= 4 is 11.9 Å². The number of hydrogen-bond acceptors (Lipinski definition) is 3. The summed E-state index contributed by atoms with van der Waals surface area (Å²) in [6, 6.07) is -0.0193. The van der Waals surface area contributed by atoms with E-state index < -0.39 is 0 Å². The van der Waals surface area contributed by atoms with Crippen molar-refractivity contribution < 1.29 is 4.79 Å². The number of nitrogens with two attached hydrogens (primary N) is 1. The van der Waals surface area contributed by atoms with Gasteiger partial charge in [-0.05, 0) is 40.5 Å². The average molecular weight is 241 g/mol. The molecule has 98 valence electrons. The van der Waals surface area contributed by atoms with Crippen molar-refractivity contribution in [3.8, 4) is 0 Å². The van der Waals surface area contributed by atoms with Gasteiger partial charge < -0.3 is 10.6 Å². The van der Waals surface area contributed by atoms with Crippen molar-refractivity contribution in [2.75, 3.05) is 0 Å². The maximum absolute atomic E-state index is 11.8. The van der Waals surface area contributed by atoms with E-state index in [1.807, 2.05) is 20.8 Å². The largest absolute Gasteiger partial charge is 0.350 e. The second kappa shape index (κ2) is 5.35. The fourth-order valence-corrected chi connectivity index (χ4v) is 1.25. The summed E-state index contributed by atoms with van der Waals surface area (Å²) in [5, 5.41) is 5.85. The highest BCUT2D eigenvalue weighted by atomic mass is 16.2. The zero-order chi connectivity index (χ0) is 13.1. The first-order valence-corrected chi connectivity index (χ1v) is 5.95. The predicted octanol–water partition coefficient (Wildman–Crippen LogP) is -0.139. The third-order valence-electron chi connectivity index (χ3n) is 2.24. The van der Waals surface area contributed by atoms with Crippen LogP contribution in [0.2, 0.25) is 0 Å². The van der Waals surface area contributed by atoms with Crippen molar-refractivity contribution in [2.24, 2.45) is 10.8 Å². The number of nitrogens with zero attached hydrogens (tertiary/aromatic N) is 1. The van der Waals surface area contributed by atoms with Gasteiger partial charge in [-0.2, -0.15) is 0 Å². The third-order valence-corrected chi connectivity index (χ3v) is 2.24. The first-order chi connectivity index (χ1) is 7.81. The Labute approximate surface area is 102 Å². The molecule has 0 saturated heterocycles. The molecule has 1 aliphatic carbocycles. The van der Waals surface area contributed by atoms with Gasteiger partial charge in [-0.25, -0.2) is 10.8 Å². The van der Waals surface area contributed by atoms with Gasteiger partial charge in [-0.1, -0.05) is 0 Å². The minimum atomic E-state index is -0.372. The highest BCUT2D eigenvalue weighted by Crippen LogP contribution is 2.23. The minimum absolute atomic E-state index is 0.0729. The smallest absolute Gasteiger partial charge is 0.242 e. The lowest BCUT2D eigenvalue weighted by Gasteiger charge is -2.24. The van der Waals surface area contributed by atoms with Gasteiger partial charge in [0.05, 0.1) is 6.04 Å². The molecule has 1 unspecified atom stereocenters. The fourth-order valence-electron chi connectivity index (χ4n) is 1.25. The molecular weight excluding hydrogens is 218 g/mol. The quantitative estimate of drug-likeness (QED) is 0.239. The summed E-state index contributed by atoms with van der Waals surface area (Å²) in [5.74, 6) is 5.75. The Morgan fingerprint density at radius 2 is 2.00 bits per heavy atom. The number of amides is 1. The molecular formula is C11H23N5O. The van der Waals surface area contributed by atoms with Gasteiger partial charge in [0.2, 0.25) is 11.9 Å². The molecule has 5 N–H and O–H groups in total. The molecule has 1 rings (SSSR count). The summed E-state index contributed by atoms with van der Waals surface area (Å²) in [6.07, 6.45) is 2.19. The Bertz CT molecular complexity index is 303. The van der Waals surface area contributed by atoms with Gasteiger partial charge >= 0.3 is 0 Å². The molecule has 0 aromatic rings. The predicted molar refractivity (Wildman–Crippen MR) is 68.3 cm³/mol. The highest BCUT2D eigenvalue weighted by Gasteiger charge is 2.23. The minimum Gasteiger partial charge on any atom is -0.350 e. The maximum Gasteiger partial charge on any atom is 0.242 e. The van der Waals surface area contributed by atoms with Crippen molar-refractivity contribution in [2.45, 2.75) is 58.2 Å². The molecule has 1 atom stereocenters. The molecule has 0 heterocycles. The third kappa shape index (κ3) is 5.53. The van der Waals surface area contributed by atoms with Crippen LogP contribution in [0.1, 0.15) is 40.5 Å². The van der Waals surface area contributed by atoms with Gasteiger partial charge in [0, 0.05) is 5.54 Å². The van der Waals surface area contributed by atoms with Gasteiger partial charge in [-0.3, -0.25) is 10.2 Å². The number of hydrazine groups is 1. The van der Waals surface area contributed by atoms with Gasteiger partial charge in [0.15, 0.2) is 0 Å². The normalized spacial score (nSPS) is 18.5. The van der Waals surface area contributed by atoms with Crippen LogP contribution in [0.15, 0.2) is 4.99 Å². The number of guanidine groups is 1. The molecule has 0 radical (unpaired) electrons. The number of carbonyl (C=O) groups excluding carboxylic acids is 1. The van der Waals surface area contributed by atoms with Crippen LogP contribution in [0.25, 0.3) is 0 Å². The molecule has 1 saturated carbocycles. The van der Waals surface area contributed by atoms with E-state index in [0.717, 1.165) is 12.8 Å². The number of carbonyl (C=O) groups is 1. The van der Waals surface area contributed by atoms with E-state index in [0.29, 0.717) is 12.0 Å². The van der Waals surface area contributed by atoms with Gasteiger partial charge in [0.25, 0.3) is 0 Å². The van der Waals surface area contributed by atoms with E-state index in [1.165, 1.54) is 0 Å². The maximum atomic E-state index is 11.8. The standard InChI is InChI=1S/C11H23N5O/c1-7(9(17)15-11(2,3)4)13-10(16-12)14-8-5-6-8/h7-8H,5-6,12H2,1-4H3,(H,15,17)(H2,13,14,16). The van der Waals surface area contributed by atoms with Crippen LogP contribution in [0.3, 0.4) is 0 Å². The molecule has 0 aliphatic heterocycles. The Kier molecular flexibility index (Phi) is 4.34. The SMILES string of the molecule is CC(NC(=NC1CC1)NN)C(=O)NC(C)(C)C. The van der Waals surface area contributed by atoms with Crippen molar-refractivity contribution in [1.82, 2.24) is 16.1 Å². The van der Waals surface area contributed by atoms with Crippen molar-refractivity contribution in [1.29, 1.82) is 0 Å². The van der Waals surface area contributed by atoms with Crippen LogP contribution in [0.4, 0.5) is 0 Å². The Hall–Kier alpha value is -1.30. The molecule has 0 aromatic heterocycles. The van der Waals surface area contributed by atoms with Crippen LogP contribution in [0.5, 0.6) is 0 Å². The number of hydrogen-bond donors (Lipinski definition) is 4. The summed E-state index contributed by atoms with van der Waals surface area (Å²) in [6.45, 7) is 7.61. The molecule has 1 aliphatic rings. The van der Waals surface area contributed by atoms with Crippen LogP contribution in [0, 0.1) is 0 Å². The molecule has 1 amide bonds. The van der Waals surface area contributed by atoms with Crippen LogP contribution >= 0.6 is 0 Å². The lowest BCUT2D eigenvalue weighted by molar-refractivity contribution is -0.123. The molecule has 0 spiro atoms. The molecule has 6 nitrogen and oxygen atoms in total. The number of nitrogens with one attached hydrogen (secondary N) is 3. The molecule has 0 bridgehead atoms. The number of rotatable bonds is 3. The zero-order valence-electron chi connectivity index (χ0n) is 11.0. The summed E-state index contributed by atoms with van der Waals surface area (Å²) in [4.78, 5) is 16.1. The lowest BCUT2D eigenvalue weighted by atomic mass is 10.1. The highest BCUT2D eigenvalue weighted by molar-refractivity contribution is 5.88. The van der Waals surface area contributed by atoms with E-state index in [4.69, 9.17) is 5.84 Å². The van der Waals surface area contributed by atoms with E-state index >= 15 is 0 Å². The fraction of sp³-hybridized carbons (Fsp3) is 0.818. The van der Waals surface area contributed by atoms with Crippen LogP contribution in [-0.2, 0) is 4.79 Å². The van der Waals surface area contributed by atoms with Gasteiger partial charge in [0.1, 0.15) is 6.04 Å². The molecule has 17 heavy (non-hydrogen) atoms. The first kappa shape index (κ1) is 13.8. The Morgan fingerprint density at radius 1 is 1.41 bits per heavy atom. The van der Waals surface area contributed by atoms with Crippen LogP contribution < -0.4 is 21.9 Å². The van der Waals surface area contributed by atoms with E-state index in [1.54, 1.807) is 6.92 Å². The number of aliphatic imine (C=N–C) groups is 1. The van der Waals surface area contributed by atoms with E-state index in [2.05, 4.69) is 21.1 Å². The van der Waals surface area contributed by atoms with E-state index in [-0.39, 0.29) is 17.5 Å². The molecule has 6 heteroatoms. The Morgan fingerprint density at radius 3 is 2.41 bits per heavy atom. The second-order valence-corrected chi connectivity index (χ2v) is 5.46. The van der Waals surface area contributed by atoms with Crippen LogP contribution in [-0.4, -0.2) is 29.5 Å². The van der Waals surface area contributed by atoms with Crippen molar-refractivity contribution in [3.63, 3.8) is 0 Å². The first-order valence-electron chi connectivity index (χ1n) is 5.95.